The maximum atomic E-state index is 12.2. The maximum Gasteiger partial charge on any atom is 0.389 e. The van der Waals surface area contributed by atoms with Crippen LogP contribution < -0.4 is 5.32 Å². The highest BCUT2D eigenvalue weighted by Gasteiger charge is 2.32. The van der Waals surface area contributed by atoms with Gasteiger partial charge in [-0.05, 0) is 19.8 Å². The van der Waals surface area contributed by atoms with E-state index in [2.05, 4.69) is 10.3 Å². The second-order valence-electron chi connectivity index (χ2n) is 4.56. The third-order valence-electron chi connectivity index (χ3n) is 2.86. The molecular formula is C12H19F3N2OS. The summed E-state index contributed by atoms with van der Waals surface area (Å²) >= 11 is 1.45. The Kier molecular flexibility index (Phi) is 6.22. The number of nitrogens with zero attached hydrogens (tertiary/aromatic N) is 1. The summed E-state index contributed by atoms with van der Waals surface area (Å²) in [5.41, 5.74) is -0.530. The van der Waals surface area contributed by atoms with Crippen molar-refractivity contribution in [1.29, 1.82) is 0 Å². The number of rotatable bonds is 8. The number of aromatic nitrogens is 1. The number of alkyl halides is 3. The largest absolute Gasteiger partial charge is 0.389 e. The van der Waals surface area contributed by atoms with Crippen molar-refractivity contribution in [2.24, 2.45) is 0 Å². The zero-order chi connectivity index (χ0) is 14.4. The lowest BCUT2D eigenvalue weighted by atomic mass is 9.95. The SMILES string of the molecule is COCCNC(C)(CCCC(F)(F)F)c1nccs1. The summed E-state index contributed by atoms with van der Waals surface area (Å²) in [6.07, 6.45) is -2.72. The quantitative estimate of drug-likeness (QED) is 0.747. The van der Waals surface area contributed by atoms with Crippen molar-refractivity contribution in [2.75, 3.05) is 20.3 Å². The molecule has 1 rings (SSSR count). The topological polar surface area (TPSA) is 34.1 Å². The summed E-state index contributed by atoms with van der Waals surface area (Å²) in [6, 6.07) is 0. The lowest BCUT2D eigenvalue weighted by Gasteiger charge is -2.29. The van der Waals surface area contributed by atoms with Crippen molar-refractivity contribution in [3.05, 3.63) is 16.6 Å². The molecule has 1 unspecified atom stereocenters. The second-order valence-corrected chi connectivity index (χ2v) is 5.45. The average molecular weight is 296 g/mol. The molecule has 1 N–H and O–H groups in total. The molecule has 0 aliphatic carbocycles. The van der Waals surface area contributed by atoms with Crippen LogP contribution in [0.2, 0.25) is 0 Å². The van der Waals surface area contributed by atoms with Crippen LogP contribution in [0.3, 0.4) is 0 Å². The van der Waals surface area contributed by atoms with Crippen LogP contribution in [0.1, 0.15) is 31.2 Å². The Balaban J connectivity index is 2.59. The third kappa shape index (κ3) is 5.88. The normalized spacial score (nSPS) is 15.4. The predicted molar refractivity (Wildman–Crippen MR) is 69.3 cm³/mol. The van der Waals surface area contributed by atoms with Crippen LogP contribution >= 0.6 is 11.3 Å². The van der Waals surface area contributed by atoms with Crippen LogP contribution in [-0.4, -0.2) is 31.4 Å². The molecule has 0 saturated carbocycles. The molecule has 0 fully saturated rings. The fourth-order valence-corrected chi connectivity index (χ4v) is 2.64. The van der Waals surface area contributed by atoms with Gasteiger partial charge in [0.1, 0.15) is 5.01 Å². The summed E-state index contributed by atoms with van der Waals surface area (Å²) in [4.78, 5) is 4.22. The van der Waals surface area contributed by atoms with E-state index in [1.807, 2.05) is 12.3 Å². The smallest absolute Gasteiger partial charge is 0.383 e. The van der Waals surface area contributed by atoms with Gasteiger partial charge in [0.2, 0.25) is 0 Å². The molecule has 0 aromatic carbocycles. The zero-order valence-electron chi connectivity index (χ0n) is 11.1. The highest BCUT2D eigenvalue weighted by Crippen LogP contribution is 2.31. The molecule has 1 aromatic rings. The Hall–Kier alpha value is -0.660. The summed E-state index contributed by atoms with van der Waals surface area (Å²) in [5.74, 6) is 0. The molecule has 0 aliphatic heterocycles. The fraction of sp³-hybridized carbons (Fsp3) is 0.750. The van der Waals surface area contributed by atoms with E-state index in [4.69, 9.17) is 4.74 Å². The van der Waals surface area contributed by atoms with Crippen molar-refractivity contribution >= 4 is 11.3 Å². The van der Waals surface area contributed by atoms with Crippen LogP contribution in [0.25, 0.3) is 0 Å². The van der Waals surface area contributed by atoms with Gasteiger partial charge in [-0.1, -0.05) is 0 Å². The summed E-state index contributed by atoms with van der Waals surface area (Å²) in [7, 11) is 1.59. The number of hydrogen-bond acceptors (Lipinski definition) is 4. The molecule has 1 heterocycles. The van der Waals surface area contributed by atoms with E-state index >= 15 is 0 Å². The van der Waals surface area contributed by atoms with Crippen molar-refractivity contribution in [2.45, 2.75) is 37.9 Å². The first-order valence-electron chi connectivity index (χ1n) is 6.08. The molecule has 7 heteroatoms. The molecule has 0 bridgehead atoms. The Morgan fingerprint density at radius 3 is 2.63 bits per heavy atom. The van der Waals surface area contributed by atoms with Gasteiger partial charge in [-0.2, -0.15) is 13.2 Å². The lowest BCUT2D eigenvalue weighted by Crippen LogP contribution is -2.41. The molecule has 1 atom stereocenters. The van der Waals surface area contributed by atoms with Crippen molar-refractivity contribution in [3.63, 3.8) is 0 Å². The van der Waals surface area contributed by atoms with E-state index in [1.165, 1.54) is 11.3 Å². The molecule has 19 heavy (non-hydrogen) atoms. The van der Waals surface area contributed by atoms with Crippen molar-refractivity contribution in [1.82, 2.24) is 10.3 Å². The Bertz CT molecular complexity index is 356. The Morgan fingerprint density at radius 2 is 2.11 bits per heavy atom. The van der Waals surface area contributed by atoms with Crippen LogP contribution in [-0.2, 0) is 10.3 Å². The Labute approximate surface area is 115 Å². The van der Waals surface area contributed by atoms with Gasteiger partial charge < -0.3 is 10.1 Å². The van der Waals surface area contributed by atoms with Gasteiger partial charge in [-0.15, -0.1) is 11.3 Å². The standard InChI is InChI=1S/C12H19F3N2OS/c1-11(17-6-8-18-2,10-16-7-9-19-10)4-3-5-12(13,14)15/h7,9,17H,3-6,8H2,1-2H3. The first-order chi connectivity index (χ1) is 8.87. The molecule has 1 aromatic heterocycles. The zero-order valence-corrected chi connectivity index (χ0v) is 11.9. The molecule has 0 aliphatic rings. The van der Waals surface area contributed by atoms with Crippen molar-refractivity contribution in [3.8, 4) is 0 Å². The molecular weight excluding hydrogens is 277 g/mol. The van der Waals surface area contributed by atoms with E-state index < -0.39 is 18.1 Å². The van der Waals surface area contributed by atoms with Gasteiger partial charge in [0.25, 0.3) is 0 Å². The van der Waals surface area contributed by atoms with Gasteiger partial charge in [0.15, 0.2) is 0 Å². The molecule has 3 nitrogen and oxygen atoms in total. The van der Waals surface area contributed by atoms with Crippen LogP contribution in [0.15, 0.2) is 11.6 Å². The minimum atomic E-state index is -4.10. The summed E-state index contributed by atoms with van der Waals surface area (Å²) < 4.78 is 41.6. The third-order valence-corrected chi connectivity index (χ3v) is 3.90. The van der Waals surface area contributed by atoms with E-state index in [0.29, 0.717) is 19.6 Å². The van der Waals surface area contributed by atoms with E-state index in [-0.39, 0.29) is 6.42 Å². The predicted octanol–water partition coefficient (Wildman–Crippen LogP) is 3.33. The van der Waals surface area contributed by atoms with Gasteiger partial charge in [0.05, 0.1) is 12.1 Å². The Morgan fingerprint density at radius 1 is 1.37 bits per heavy atom. The first-order valence-corrected chi connectivity index (χ1v) is 6.96. The molecule has 0 saturated heterocycles. The number of halogens is 3. The fourth-order valence-electron chi connectivity index (χ4n) is 1.84. The van der Waals surface area contributed by atoms with Crippen LogP contribution in [0.5, 0.6) is 0 Å². The minimum Gasteiger partial charge on any atom is -0.383 e. The lowest BCUT2D eigenvalue weighted by molar-refractivity contribution is -0.136. The molecule has 0 amide bonds. The number of nitrogens with one attached hydrogen (secondary N) is 1. The maximum absolute atomic E-state index is 12.2. The van der Waals surface area contributed by atoms with Crippen molar-refractivity contribution < 1.29 is 17.9 Å². The monoisotopic (exact) mass is 296 g/mol. The summed E-state index contributed by atoms with van der Waals surface area (Å²) in [6.45, 7) is 2.98. The van der Waals surface area contributed by atoms with E-state index in [1.54, 1.807) is 13.3 Å². The van der Waals surface area contributed by atoms with Gasteiger partial charge in [-0.25, -0.2) is 4.98 Å². The first kappa shape index (κ1) is 16.4. The number of ether oxygens (including phenoxy) is 1. The minimum absolute atomic E-state index is 0.0829. The number of thiazole rings is 1. The summed E-state index contributed by atoms with van der Waals surface area (Å²) in [5, 5.41) is 5.88. The van der Waals surface area contributed by atoms with E-state index in [0.717, 1.165) is 5.01 Å². The average Bonchev–Trinajstić information content (AvgIpc) is 2.81. The number of methoxy groups -OCH3 is 1. The second kappa shape index (κ2) is 7.21. The molecule has 0 radical (unpaired) electrons. The molecule has 0 spiro atoms. The molecule has 110 valence electrons. The van der Waals surface area contributed by atoms with Crippen LogP contribution in [0.4, 0.5) is 13.2 Å². The van der Waals surface area contributed by atoms with Gasteiger partial charge in [0, 0.05) is 31.7 Å². The van der Waals surface area contributed by atoms with Gasteiger partial charge >= 0.3 is 6.18 Å². The van der Waals surface area contributed by atoms with E-state index in [9.17, 15) is 13.2 Å². The highest BCUT2D eigenvalue weighted by atomic mass is 32.1. The highest BCUT2D eigenvalue weighted by molar-refractivity contribution is 7.09. The number of hydrogen-bond donors (Lipinski definition) is 1. The van der Waals surface area contributed by atoms with Gasteiger partial charge in [-0.3, -0.25) is 0 Å². The van der Waals surface area contributed by atoms with Crippen LogP contribution in [0, 0.1) is 0 Å².